The fraction of sp³-hybridized carbons (Fsp3) is 0.368. The van der Waals surface area contributed by atoms with Crippen LogP contribution in [0.1, 0.15) is 21.7 Å². The highest BCUT2D eigenvalue weighted by Crippen LogP contribution is 2.21. The second-order valence-corrected chi connectivity index (χ2v) is 6.30. The van der Waals surface area contributed by atoms with Crippen LogP contribution in [0.4, 0.5) is 0 Å². The maximum Gasteiger partial charge on any atom is 0.209 e. The van der Waals surface area contributed by atoms with Crippen molar-refractivity contribution in [3.8, 4) is 5.69 Å². The molecule has 0 unspecified atom stereocenters. The molecule has 1 aromatic carbocycles. The summed E-state index contributed by atoms with van der Waals surface area (Å²) in [6.45, 7) is 7.33. The molecule has 0 aliphatic carbocycles. The number of benzene rings is 1. The molecular formula is C19H23N3O2. The number of ketones is 1. The summed E-state index contributed by atoms with van der Waals surface area (Å²) in [7, 11) is 0. The van der Waals surface area contributed by atoms with Crippen molar-refractivity contribution in [3.05, 3.63) is 53.3 Å². The van der Waals surface area contributed by atoms with Gasteiger partial charge in [0, 0.05) is 48.8 Å². The zero-order valence-corrected chi connectivity index (χ0v) is 14.2. The number of nitrogens with zero attached hydrogens (tertiary/aromatic N) is 3. The summed E-state index contributed by atoms with van der Waals surface area (Å²) in [5.74, 6) is 0.143. The van der Waals surface area contributed by atoms with Crippen LogP contribution in [0.15, 0.2) is 36.4 Å². The van der Waals surface area contributed by atoms with Crippen molar-refractivity contribution in [2.24, 2.45) is 0 Å². The van der Waals surface area contributed by atoms with E-state index >= 15 is 0 Å². The number of hydrogen-bond donors (Lipinski definition) is 0. The highest BCUT2D eigenvalue weighted by Gasteiger charge is 2.21. The summed E-state index contributed by atoms with van der Waals surface area (Å²) < 4.78 is 2.12. The third-order valence-electron chi connectivity index (χ3n) is 4.67. The maximum absolute atomic E-state index is 12.7. The molecule has 5 nitrogen and oxygen atoms in total. The molecule has 1 aromatic heterocycles. The number of rotatable bonds is 5. The Morgan fingerprint density at radius 2 is 1.75 bits per heavy atom. The van der Waals surface area contributed by atoms with Crippen molar-refractivity contribution in [2.75, 3.05) is 32.7 Å². The van der Waals surface area contributed by atoms with Gasteiger partial charge in [0.1, 0.15) is 0 Å². The lowest BCUT2D eigenvalue weighted by Crippen LogP contribution is -2.47. The standard InChI is InChI=1S/C19H23N3O2/c1-15-12-18(16(2)22(15)17-6-4-3-5-7-17)19(24)13-20-8-10-21(14-23)11-9-20/h3-7,12,14H,8-11,13H2,1-2H3. The van der Waals surface area contributed by atoms with Crippen LogP contribution in [0.5, 0.6) is 0 Å². The molecule has 2 heterocycles. The van der Waals surface area contributed by atoms with E-state index in [1.165, 1.54) is 0 Å². The van der Waals surface area contributed by atoms with Crippen LogP contribution in [0, 0.1) is 13.8 Å². The smallest absolute Gasteiger partial charge is 0.209 e. The van der Waals surface area contributed by atoms with E-state index in [0.29, 0.717) is 19.6 Å². The zero-order chi connectivity index (χ0) is 17.1. The predicted molar refractivity (Wildman–Crippen MR) is 93.7 cm³/mol. The van der Waals surface area contributed by atoms with E-state index in [4.69, 9.17) is 0 Å². The quantitative estimate of drug-likeness (QED) is 0.624. The molecular weight excluding hydrogens is 302 g/mol. The number of carbonyl (C=O) groups is 2. The van der Waals surface area contributed by atoms with Crippen LogP contribution < -0.4 is 0 Å². The molecule has 1 fully saturated rings. The van der Waals surface area contributed by atoms with E-state index in [1.54, 1.807) is 4.90 Å². The van der Waals surface area contributed by atoms with Gasteiger partial charge in [-0.2, -0.15) is 0 Å². The number of amides is 1. The van der Waals surface area contributed by atoms with Crippen molar-refractivity contribution in [2.45, 2.75) is 13.8 Å². The molecule has 0 atom stereocenters. The molecule has 0 radical (unpaired) electrons. The largest absolute Gasteiger partial charge is 0.343 e. The van der Waals surface area contributed by atoms with Crippen LogP contribution in [0.25, 0.3) is 5.69 Å². The van der Waals surface area contributed by atoms with Crippen LogP contribution in [-0.2, 0) is 4.79 Å². The number of piperazine rings is 1. The van der Waals surface area contributed by atoms with E-state index in [2.05, 4.69) is 9.47 Å². The van der Waals surface area contributed by atoms with Gasteiger partial charge < -0.3 is 9.47 Å². The molecule has 24 heavy (non-hydrogen) atoms. The third-order valence-corrected chi connectivity index (χ3v) is 4.67. The minimum atomic E-state index is 0.143. The van der Waals surface area contributed by atoms with Crippen molar-refractivity contribution in [1.82, 2.24) is 14.4 Å². The first-order chi connectivity index (χ1) is 11.6. The summed E-state index contributed by atoms with van der Waals surface area (Å²) in [5, 5.41) is 0. The van der Waals surface area contributed by atoms with Gasteiger partial charge in [-0.15, -0.1) is 0 Å². The van der Waals surface area contributed by atoms with Gasteiger partial charge in [0.25, 0.3) is 0 Å². The fourth-order valence-electron chi connectivity index (χ4n) is 3.33. The van der Waals surface area contributed by atoms with Crippen LogP contribution in [0.3, 0.4) is 0 Å². The first kappa shape index (κ1) is 16.5. The van der Waals surface area contributed by atoms with Crippen LogP contribution in [0.2, 0.25) is 0 Å². The Morgan fingerprint density at radius 3 is 2.38 bits per heavy atom. The molecule has 1 saturated heterocycles. The lowest BCUT2D eigenvalue weighted by Gasteiger charge is -2.31. The molecule has 1 amide bonds. The SMILES string of the molecule is Cc1cc(C(=O)CN2CCN(C=O)CC2)c(C)n1-c1ccccc1. The number of hydrogen-bond acceptors (Lipinski definition) is 3. The first-order valence-electron chi connectivity index (χ1n) is 8.29. The fourth-order valence-corrected chi connectivity index (χ4v) is 3.33. The molecule has 126 valence electrons. The molecule has 0 bridgehead atoms. The molecule has 0 N–H and O–H groups in total. The van der Waals surface area contributed by atoms with E-state index in [0.717, 1.165) is 42.1 Å². The summed E-state index contributed by atoms with van der Waals surface area (Å²) in [6, 6.07) is 12.1. The number of carbonyl (C=O) groups excluding carboxylic acids is 2. The van der Waals surface area contributed by atoms with Gasteiger partial charge in [0.05, 0.1) is 6.54 Å². The topological polar surface area (TPSA) is 45.6 Å². The van der Waals surface area contributed by atoms with Gasteiger partial charge in [-0.25, -0.2) is 0 Å². The Hall–Kier alpha value is -2.40. The first-order valence-corrected chi connectivity index (χ1v) is 8.29. The predicted octanol–water partition coefficient (Wildman–Crippen LogP) is 2.05. The van der Waals surface area contributed by atoms with Crippen molar-refractivity contribution < 1.29 is 9.59 Å². The normalized spacial score (nSPS) is 15.5. The molecule has 0 spiro atoms. The van der Waals surface area contributed by atoms with Gasteiger partial charge in [-0.05, 0) is 32.0 Å². The number of aromatic nitrogens is 1. The Kier molecular flexibility index (Phi) is 4.81. The second kappa shape index (κ2) is 7.01. The summed E-state index contributed by atoms with van der Waals surface area (Å²) in [5.41, 5.74) is 3.91. The molecule has 5 heteroatoms. The van der Waals surface area contributed by atoms with Crippen molar-refractivity contribution in [1.29, 1.82) is 0 Å². The Morgan fingerprint density at radius 1 is 1.08 bits per heavy atom. The number of aryl methyl sites for hydroxylation is 1. The summed E-state index contributed by atoms with van der Waals surface area (Å²) in [4.78, 5) is 27.4. The lowest BCUT2D eigenvalue weighted by molar-refractivity contribution is -0.119. The van der Waals surface area contributed by atoms with E-state index < -0.39 is 0 Å². The van der Waals surface area contributed by atoms with E-state index in [-0.39, 0.29) is 5.78 Å². The second-order valence-electron chi connectivity index (χ2n) is 6.30. The van der Waals surface area contributed by atoms with Crippen molar-refractivity contribution in [3.63, 3.8) is 0 Å². The average molecular weight is 325 g/mol. The average Bonchev–Trinajstić information content (AvgIpc) is 2.91. The minimum absolute atomic E-state index is 0.143. The zero-order valence-electron chi connectivity index (χ0n) is 14.2. The van der Waals surface area contributed by atoms with Gasteiger partial charge in [0.2, 0.25) is 6.41 Å². The molecule has 2 aromatic rings. The molecule has 1 aliphatic rings. The highest BCUT2D eigenvalue weighted by atomic mass is 16.1. The van der Waals surface area contributed by atoms with Gasteiger partial charge >= 0.3 is 0 Å². The maximum atomic E-state index is 12.7. The van der Waals surface area contributed by atoms with Crippen LogP contribution >= 0.6 is 0 Å². The highest BCUT2D eigenvalue weighted by molar-refractivity contribution is 5.99. The van der Waals surface area contributed by atoms with Crippen molar-refractivity contribution >= 4 is 12.2 Å². The number of para-hydroxylation sites is 1. The van der Waals surface area contributed by atoms with Crippen LogP contribution in [-0.4, -0.2) is 59.3 Å². The van der Waals surface area contributed by atoms with E-state index in [9.17, 15) is 9.59 Å². The molecule has 0 saturated carbocycles. The van der Waals surface area contributed by atoms with Gasteiger partial charge in [-0.1, -0.05) is 18.2 Å². The Balaban J connectivity index is 1.76. The van der Waals surface area contributed by atoms with Gasteiger partial charge in [0.15, 0.2) is 5.78 Å². The number of Topliss-reactive ketones (excluding diaryl/α,β-unsaturated/α-hetero) is 1. The Bertz CT molecular complexity index is 729. The third kappa shape index (κ3) is 3.26. The summed E-state index contributed by atoms with van der Waals surface area (Å²) >= 11 is 0. The lowest BCUT2D eigenvalue weighted by atomic mass is 10.1. The molecule has 1 aliphatic heterocycles. The minimum Gasteiger partial charge on any atom is -0.343 e. The molecule has 3 rings (SSSR count). The summed E-state index contributed by atoms with van der Waals surface area (Å²) in [6.07, 6.45) is 0.882. The Labute approximate surface area is 142 Å². The van der Waals surface area contributed by atoms with E-state index in [1.807, 2.05) is 50.2 Å². The van der Waals surface area contributed by atoms with Gasteiger partial charge in [-0.3, -0.25) is 14.5 Å². The monoisotopic (exact) mass is 325 g/mol.